The molecule has 0 saturated heterocycles. The first-order chi connectivity index (χ1) is 6.81. The van der Waals surface area contributed by atoms with Crippen molar-refractivity contribution >= 4 is 21.5 Å². The van der Waals surface area contributed by atoms with E-state index in [9.17, 15) is 0 Å². The number of hydrogen-bond acceptors (Lipinski definition) is 2. The molecule has 1 aromatic carbocycles. The minimum Gasteiger partial charge on any atom is -0.493 e. The lowest BCUT2D eigenvalue weighted by Gasteiger charge is -2.19. The Morgan fingerprint density at radius 3 is 3.14 bits per heavy atom. The van der Waals surface area contributed by atoms with Gasteiger partial charge in [0.25, 0.3) is 0 Å². The highest BCUT2D eigenvalue weighted by Gasteiger charge is 2.14. The molecule has 0 unspecified atom stereocenters. The van der Waals surface area contributed by atoms with Gasteiger partial charge in [0.05, 0.1) is 12.7 Å². The van der Waals surface area contributed by atoms with Gasteiger partial charge in [0.2, 0.25) is 0 Å². The number of nitriles is 1. The number of rotatable bonds is 0. The summed E-state index contributed by atoms with van der Waals surface area (Å²) in [6.07, 6.45) is 2.40. The van der Waals surface area contributed by atoms with Crippen molar-refractivity contribution in [2.24, 2.45) is 0 Å². The Bertz CT molecular complexity index is 431. The summed E-state index contributed by atoms with van der Waals surface area (Å²) >= 11 is 3.38. The molecule has 2 rings (SSSR count). The number of fused-ring (bicyclic) bond motifs is 1. The minimum atomic E-state index is 0.650. The molecule has 0 N–H and O–H groups in total. The first kappa shape index (κ1) is 9.29. The lowest BCUT2D eigenvalue weighted by atomic mass is 10.00. The molecular weight excluding hydrogens is 242 g/mol. The second kappa shape index (κ2) is 3.85. The maximum atomic E-state index is 8.62. The van der Waals surface area contributed by atoms with Crippen LogP contribution in [0.15, 0.2) is 28.7 Å². The van der Waals surface area contributed by atoms with Crippen molar-refractivity contribution in [2.45, 2.75) is 6.42 Å². The third-order valence-corrected chi connectivity index (χ3v) is 2.65. The number of allylic oxidation sites excluding steroid dienone is 1. The fraction of sp³-hybridized carbons (Fsp3) is 0.182. The van der Waals surface area contributed by atoms with E-state index in [1.807, 2.05) is 18.2 Å². The van der Waals surface area contributed by atoms with Crippen LogP contribution >= 0.6 is 15.9 Å². The zero-order chi connectivity index (χ0) is 9.97. The highest BCUT2D eigenvalue weighted by atomic mass is 79.9. The molecule has 0 aromatic heterocycles. The topological polar surface area (TPSA) is 33.0 Å². The predicted molar refractivity (Wildman–Crippen MR) is 57.8 cm³/mol. The van der Waals surface area contributed by atoms with Crippen LogP contribution in [0.3, 0.4) is 0 Å². The van der Waals surface area contributed by atoms with Gasteiger partial charge < -0.3 is 4.74 Å². The second-order valence-electron chi connectivity index (χ2n) is 3.04. The van der Waals surface area contributed by atoms with Crippen LogP contribution < -0.4 is 4.74 Å². The van der Waals surface area contributed by atoms with Gasteiger partial charge in [-0.05, 0) is 23.8 Å². The maximum Gasteiger partial charge on any atom is 0.127 e. The van der Waals surface area contributed by atoms with Crippen molar-refractivity contribution in [3.05, 3.63) is 34.3 Å². The number of benzene rings is 1. The molecule has 1 aliphatic rings. The molecule has 0 amide bonds. The van der Waals surface area contributed by atoms with E-state index in [2.05, 4.69) is 22.0 Å². The summed E-state index contributed by atoms with van der Waals surface area (Å²) in [4.78, 5) is 0. The quantitative estimate of drug-likeness (QED) is 0.662. The Labute approximate surface area is 90.9 Å². The standard InChI is InChI=1S/C11H8BrNO/c12-9-1-2-10-8(3-5-13)4-6-14-11(10)7-9/h1-3,7H,4,6H2. The summed E-state index contributed by atoms with van der Waals surface area (Å²) < 4.78 is 6.50. The molecule has 3 heteroatoms. The van der Waals surface area contributed by atoms with Gasteiger partial charge in [-0.1, -0.05) is 15.9 Å². The smallest absolute Gasteiger partial charge is 0.127 e. The molecule has 1 aromatic rings. The van der Waals surface area contributed by atoms with Gasteiger partial charge in [0.15, 0.2) is 0 Å². The third-order valence-electron chi connectivity index (χ3n) is 2.16. The molecule has 14 heavy (non-hydrogen) atoms. The molecule has 0 fully saturated rings. The average Bonchev–Trinajstić information content (AvgIpc) is 2.18. The van der Waals surface area contributed by atoms with Crippen LogP contribution in [-0.4, -0.2) is 6.61 Å². The van der Waals surface area contributed by atoms with Crippen LogP contribution in [0.5, 0.6) is 5.75 Å². The van der Waals surface area contributed by atoms with Crippen molar-refractivity contribution in [2.75, 3.05) is 6.61 Å². The lowest BCUT2D eigenvalue weighted by molar-refractivity contribution is 0.316. The Morgan fingerprint density at radius 2 is 2.36 bits per heavy atom. The molecule has 2 nitrogen and oxygen atoms in total. The fourth-order valence-electron chi connectivity index (χ4n) is 1.51. The van der Waals surface area contributed by atoms with Gasteiger partial charge >= 0.3 is 0 Å². The Morgan fingerprint density at radius 1 is 1.50 bits per heavy atom. The SMILES string of the molecule is N#CC=C1CCOc2cc(Br)ccc21. The van der Waals surface area contributed by atoms with Gasteiger partial charge in [0.1, 0.15) is 5.75 Å². The van der Waals surface area contributed by atoms with Crippen molar-refractivity contribution in [3.8, 4) is 11.8 Å². The van der Waals surface area contributed by atoms with Gasteiger partial charge in [-0.15, -0.1) is 0 Å². The number of nitrogens with zero attached hydrogens (tertiary/aromatic N) is 1. The molecule has 1 aliphatic heterocycles. The van der Waals surface area contributed by atoms with Crippen LogP contribution in [0.4, 0.5) is 0 Å². The lowest BCUT2D eigenvalue weighted by Crippen LogP contribution is -2.07. The highest BCUT2D eigenvalue weighted by Crippen LogP contribution is 2.34. The first-order valence-corrected chi connectivity index (χ1v) is 5.12. The molecule has 0 atom stereocenters. The summed E-state index contributed by atoms with van der Waals surface area (Å²) in [5.41, 5.74) is 2.09. The van der Waals surface area contributed by atoms with Crippen LogP contribution in [0.1, 0.15) is 12.0 Å². The Balaban J connectivity index is 2.51. The van der Waals surface area contributed by atoms with E-state index in [1.165, 1.54) is 0 Å². The van der Waals surface area contributed by atoms with Gasteiger partial charge in [-0.2, -0.15) is 5.26 Å². The molecule has 70 valence electrons. The van der Waals surface area contributed by atoms with Gasteiger partial charge in [0, 0.05) is 22.5 Å². The normalized spacial score (nSPS) is 17.0. The van der Waals surface area contributed by atoms with E-state index in [1.54, 1.807) is 6.08 Å². The average molecular weight is 250 g/mol. The highest BCUT2D eigenvalue weighted by molar-refractivity contribution is 9.10. The van der Waals surface area contributed by atoms with Gasteiger partial charge in [-0.25, -0.2) is 0 Å². The number of ether oxygens (including phenoxy) is 1. The van der Waals surface area contributed by atoms with E-state index in [0.717, 1.165) is 27.8 Å². The summed E-state index contributed by atoms with van der Waals surface area (Å²) in [6, 6.07) is 7.92. The summed E-state index contributed by atoms with van der Waals surface area (Å²) in [5, 5.41) is 8.62. The Kier molecular flexibility index (Phi) is 2.55. The maximum absolute atomic E-state index is 8.62. The second-order valence-corrected chi connectivity index (χ2v) is 3.95. The first-order valence-electron chi connectivity index (χ1n) is 4.32. The van der Waals surface area contributed by atoms with E-state index in [0.29, 0.717) is 6.61 Å². The van der Waals surface area contributed by atoms with E-state index in [-0.39, 0.29) is 0 Å². The fourth-order valence-corrected chi connectivity index (χ4v) is 1.85. The van der Waals surface area contributed by atoms with Crippen LogP contribution in [0.2, 0.25) is 0 Å². The number of halogens is 1. The zero-order valence-corrected chi connectivity index (χ0v) is 9.04. The van der Waals surface area contributed by atoms with E-state index >= 15 is 0 Å². The van der Waals surface area contributed by atoms with Gasteiger partial charge in [-0.3, -0.25) is 0 Å². The Hall–Kier alpha value is -1.27. The van der Waals surface area contributed by atoms with Crippen LogP contribution in [0.25, 0.3) is 5.57 Å². The molecule has 0 spiro atoms. The predicted octanol–water partition coefficient (Wildman–Crippen LogP) is 3.14. The molecule has 0 radical (unpaired) electrons. The molecule has 0 bridgehead atoms. The summed E-state index contributed by atoms with van der Waals surface area (Å²) in [5.74, 6) is 0.854. The summed E-state index contributed by atoms with van der Waals surface area (Å²) in [7, 11) is 0. The van der Waals surface area contributed by atoms with E-state index in [4.69, 9.17) is 10.00 Å². The van der Waals surface area contributed by atoms with Crippen molar-refractivity contribution in [1.82, 2.24) is 0 Å². The van der Waals surface area contributed by atoms with Crippen LogP contribution in [0, 0.1) is 11.3 Å². The van der Waals surface area contributed by atoms with Crippen molar-refractivity contribution in [3.63, 3.8) is 0 Å². The number of hydrogen-bond donors (Lipinski definition) is 0. The molecule has 1 heterocycles. The largest absolute Gasteiger partial charge is 0.493 e. The molecular formula is C11H8BrNO. The van der Waals surface area contributed by atoms with Crippen molar-refractivity contribution < 1.29 is 4.74 Å². The summed E-state index contributed by atoms with van der Waals surface area (Å²) in [6.45, 7) is 0.650. The minimum absolute atomic E-state index is 0.650. The monoisotopic (exact) mass is 249 g/mol. The molecule has 0 aliphatic carbocycles. The van der Waals surface area contributed by atoms with E-state index < -0.39 is 0 Å². The van der Waals surface area contributed by atoms with Crippen molar-refractivity contribution in [1.29, 1.82) is 5.26 Å². The third kappa shape index (κ3) is 1.66. The molecule has 0 saturated carbocycles. The van der Waals surface area contributed by atoms with Crippen LogP contribution in [-0.2, 0) is 0 Å². The zero-order valence-electron chi connectivity index (χ0n) is 7.46.